The molecule has 7 heteroatoms. The third kappa shape index (κ3) is 7.40. The van der Waals surface area contributed by atoms with Crippen molar-refractivity contribution in [1.29, 1.82) is 0 Å². The van der Waals surface area contributed by atoms with Gasteiger partial charge in [0.15, 0.2) is 5.96 Å². The van der Waals surface area contributed by atoms with Crippen LogP contribution in [0.3, 0.4) is 0 Å². The Morgan fingerprint density at radius 2 is 1.71 bits per heavy atom. The van der Waals surface area contributed by atoms with Crippen LogP contribution in [0.5, 0.6) is 0 Å². The molecule has 0 bridgehead atoms. The maximum atomic E-state index is 12.3. The van der Waals surface area contributed by atoms with Crippen LogP contribution in [-0.4, -0.2) is 40.3 Å². The second kappa shape index (κ2) is 11.8. The first-order chi connectivity index (χ1) is 13.2. The number of nitrogens with zero attached hydrogens (tertiary/aromatic N) is 1. The van der Waals surface area contributed by atoms with E-state index in [1.54, 1.807) is 0 Å². The first-order valence-electron chi connectivity index (χ1n) is 9.40. The molecule has 0 amide bonds. The Morgan fingerprint density at radius 1 is 1.07 bits per heavy atom. The van der Waals surface area contributed by atoms with E-state index in [0.29, 0.717) is 12.3 Å². The number of nitrogens with one attached hydrogen (secondary N) is 2. The lowest BCUT2D eigenvalue weighted by molar-refractivity contribution is 0.681. The molecule has 2 aromatic rings. The Labute approximate surface area is 191 Å². The standard InChI is InChI=1S/C21H27N3OS2.HI/c1-2-22-20(23-15-16-27(25)19-11-7-4-8-12-19)24-17-21(13-14-21)26-18-9-5-3-6-10-18;/h3-12H,2,13-17H2,1H3,(H2,22,23,24);1H. The van der Waals surface area contributed by atoms with E-state index in [9.17, 15) is 4.21 Å². The predicted octanol–water partition coefficient (Wildman–Crippen LogP) is 4.29. The summed E-state index contributed by atoms with van der Waals surface area (Å²) in [4.78, 5) is 6.97. The van der Waals surface area contributed by atoms with Crippen molar-refractivity contribution in [3.63, 3.8) is 0 Å². The molecule has 1 saturated carbocycles. The Kier molecular flexibility index (Phi) is 9.81. The maximum absolute atomic E-state index is 12.3. The highest BCUT2D eigenvalue weighted by Crippen LogP contribution is 2.51. The topological polar surface area (TPSA) is 53.5 Å². The van der Waals surface area contributed by atoms with E-state index in [4.69, 9.17) is 4.99 Å². The average molecular weight is 530 g/mol. The highest BCUT2D eigenvalue weighted by Gasteiger charge is 2.43. The van der Waals surface area contributed by atoms with Gasteiger partial charge in [-0.2, -0.15) is 0 Å². The molecule has 28 heavy (non-hydrogen) atoms. The zero-order chi connectivity index (χ0) is 19.0. The molecule has 0 heterocycles. The lowest BCUT2D eigenvalue weighted by Gasteiger charge is -2.15. The molecular formula is C21H28IN3OS2. The highest BCUT2D eigenvalue weighted by molar-refractivity contribution is 14.0. The van der Waals surface area contributed by atoms with Gasteiger partial charge in [0.05, 0.1) is 17.3 Å². The third-order valence-electron chi connectivity index (χ3n) is 4.34. The lowest BCUT2D eigenvalue weighted by Crippen LogP contribution is -2.39. The van der Waals surface area contributed by atoms with Crippen LogP contribution < -0.4 is 10.6 Å². The van der Waals surface area contributed by atoms with Crippen LogP contribution in [0.25, 0.3) is 0 Å². The minimum Gasteiger partial charge on any atom is -0.357 e. The van der Waals surface area contributed by atoms with Crippen molar-refractivity contribution in [3.8, 4) is 0 Å². The van der Waals surface area contributed by atoms with Crippen LogP contribution in [0.2, 0.25) is 0 Å². The minimum atomic E-state index is -0.988. The quantitative estimate of drug-likeness (QED) is 0.289. The van der Waals surface area contributed by atoms with E-state index < -0.39 is 10.8 Å². The molecule has 3 rings (SSSR count). The van der Waals surface area contributed by atoms with E-state index in [-0.39, 0.29) is 28.7 Å². The van der Waals surface area contributed by atoms with Gasteiger partial charge in [-0.1, -0.05) is 36.4 Å². The summed E-state index contributed by atoms with van der Waals surface area (Å²) in [6, 6.07) is 20.1. The molecule has 4 nitrogen and oxygen atoms in total. The van der Waals surface area contributed by atoms with Crippen LogP contribution >= 0.6 is 35.7 Å². The molecule has 152 valence electrons. The minimum absolute atomic E-state index is 0. The summed E-state index contributed by atoms with van der Waals surface area (Å²) in [6.07, 6.45) is 2.40. The van der Waals surface area contributed by atoms with Crippen molar-refractivity contribution in [2.75, 3.05) is 25.4 Å². The lowest BCUT2D eigenvalue weighted by atomic mass is 10.4. The largest absolute Gasteiger partial charge is 0.357 e. The first kappa shape index (κ1) is 23.2. The molecule has 0 spiro atoms. The van der Waals surface area contributed by atoms with Gasteiger partial charge in [0.2, 0.25) is 0 Å². The van der Waals surface area contributed by atoms with Crippen molar-refractivity contribution >= 4 is 52.5 Å². The number of guanidine groups is 1. The molecule has 2 N–H and O–H groups in total. The number of hydrogen-bond acceptors (Lipinski definition) is 3. The van der Waals surface area contributed by atoms with Gasteiger partial charge in [-0.25, -0.2) is 0 Å². The number of aliphatic imine (C=N–C) groups is 1. The maximum Gasteiger partial charge on any atom is 0.191 e. The number of thioether (sulfide) groups is 1. The summed E-state index contributed by atoms with van der Waals surface area (Å²) in [7, 11) is -0.988. The van der Waals surface area contributed by atoms with E-state index in [0.717, 1.165) is 23.9 Å². The summed E-state index contributed by atoms with van der Waals surface area (Å²) >= 11 is 1.93. The molecule has 1 unspecified atom stereocenters. The Hall–Kier alpha value is -1.06. The summed E-state index contributed by atoms with van der Waals surface area (Å²) < 4.78 is 12.6. The van der Waals surface area contributed by atoms with Gasteiger partial charge < -0.3 is 10.6 Å². The molecule has 0 saturated heterocycles. The molecule has 2 aromatic carbocycles. The van der Waals surface area contributed by atoms with Gasteiger partial charge in [-0.3, -0.25) is 9.20 Å². The van der Waals surface area contributed by atoms with Crippen LogP contribution in [0.1, 0.15) is 19.8 Å². The summed E-state index contributed by atoms with van der Waals surface area (Å²) in [5.74, 6) is 1.38. The summed E-state index contributed by atoms with van der Waals surface area (Å²) in [5.41, 5.74) is 0. The molecule has 1 atom stereocenters. The smallest absolute Gasteiger partial charge is 0.191 e. The highest BCUT2D eigenvalue weighted by atomic mass is 127. The van der Waals surface area contributed by atoms with Crippen LogP contribution in [0, 0.1) is 0 Å². The van der Waals surface area contributed by atoms with Crippen LogP contribution in [-0.2, 0) is 10.8 Å². The monoisotopic (exact) mass is 529 g/mol. The number of benzene rings is 2. The van der Waals surface area contributed by atoms with Gasteiger partial charge in [-0.15, -0.1) is 35.7 Å². The van der Waals surface area contributed by atoms with Crippen molar-refractivity contribution in [3.05, 3.63) is 60.7 Å². The number of hydrogen-bond donors (Lipinski definition) is 2. The fraction of sp³-hybridized carbons (Fsp3) is 0.381. The number of rotatable bonds is 9. The molecule has 0 aromatic heterocycles. The average Bonchev–Trinajstić information content (AvgIpc) is 3.47. The fourth-order valence-electron chi connectivity index (χ4n) is 2.69. The van der Waals surface area contributed by atoms with Gasteiger partial charge in [0, 0.05) is 33.4 Å². The third-order valence-corrected chi connectivity index (χ3v) is 7.19. The Morgan fingerprint density at radius 3 is 2.32 bits per heavy atom. The van der Waals surface area contributed by atoms with Gasteiger partial charge in [0.1, 0.15) is 0 Å². The van der Waals surface area contributed by atoms with Crippen molar-refractivity contribution in [2.24, 2.45) is 4.99 Å². The van der Waals surface area contributed by atoms with Gasteiger partial charge >= 0.3 is 0 Å². The SMILES string of the molecule is CCNC(=NCC1(Sc2ccccc2)CC1)NCCS(=O)c1ccccc1.I. The summed E-state index contributed by atoms with van der Waals surface area (Å²) in [5, 5.41) is 6.61. The molecule has 0 radical (unpaired) electrons. The molecule has 1 fully saturated rings. The van der Waals surface area contributed by atoms with Crippen molar-refractivity contribution in [1.82, 2.24) is 10.6 Å². The second-order valence-electron chi connectivity index (χ2n) is 6.58. The molecular weight excluding hydrogens is 501 g/mol. The number of halogens is 1. The zero-order valence-corrected chi connectivity index (χ0v) is 20.1. The second-order valence-corrected chi connectivity index (χ2v) is 9.70. The van der Waals surface area contributed by atoms with Crippen LogP contribution in [0.15, 0.2) is 75.4 Å². The molecule has 1 aliphatic carbocycles. The van der Waals surface area contributed by atoms with Crippen molar-refractivity contribution in [2.45, 2.75) is 34.3 Å². The van der Waals surface area contributed by atoms with Gasteiger partial charge in [0.25, 0.3) is 0 Å². The van der Waals surface area contributed by atoms with E-state index in [1.165, 1.54) is 17.7 Å². The van der Waals surface area contributed by atoms with E-state index >= 15 is 0 Å². The fourth-order valence-corrected chi connectivity index (χ4v) is 4.90. The van der Waals surface area contributed by atoms with E-state index in [2.05, 4.69) is 41.8 Å². The molecule has 1 aliphatic rings. The Bertz CT molecular complexity index is 768. The first-order valence-corrected chi connectivity index (χ1v) is 11.5. The van der Waals surface area contributed by atoms with Gasteiger partial charge in [-0.05, 0) is 44.0 Å². The zero-order valence-electron chi connectivity index (χ0n) is 16.1. The van der Waals surface area contributed by atoms with Crippen molar-refractivity contribution < 1.29 is 4.21 Å². The summed E-state index contributed by atoms with van der Waals surface area (Å²) in [6.45, 7) is 4.30. The normalized spacial score (nSPS) is 16.0. The Balaban J connectivity index is 0.00000280. The molecule has 0 aliphatic heterocycles. The van der Waals surface area contributed by atoms with E-state index in [1.807, 2.05) is 48.2 Å². The predicted molar refractivity (Wildman–Crippen MR) is 131 cm³/mol. The van der Waals surface area contributed by atoms with Crippen LogP contribution in [0.4, 0.5) is 0 Å².